The van der Waals surface area contributed by atoms with Crippen molar-refractivity contribution in [2.45, 2.75) is 50.7 Å². The number of nitrogens with zero attached hydrogens (tertiary/aromatic N) is 2. The third kappa shape index (κ3) is 8.86. The Kier molecular flexibility index (Phi) is 11.3. The Labute approximate surface area is 270 Å². The van der Waals surface area contributed by atoms with E-state index in [0.717, 1.165) is 15.4 Å². The van der Waals surface area contributed by atoms with Gasteiger partial charge in [-0.2, -0.15) is 0 Å². The van der Waals surface area contributed by atoms with Gasteiger partial charge in [-0.1, -0.05) is 71.8 Å². The molecule has 0 heterocycles. The van der Waals surface area contributed by atoms with Gasteiger partial charge in [-0.05, 0) is 80.4 Å². The Morgan fingerprint density at radius 2 is 1.51 bits per heavy atom. The van der Waals surface area contributed by atoms with Crippen LogP contribution in [0.15, 0.2) is 108 Å². The number of sulfonamides is 1. The number of hydrogen-bond donors (Lipinski definition) is 1. The molecule has 0 bridgehead atoms. The molecule has 236 valence electrons. The Bertz CT molecular complexity index is 1700. The molecule has 0 unspecified atom stereocenters. The molecule has 2 amide bonds. The van der Waals surface area contributed by atoms with Crippen molar-refractivity contribution in [3.8, 4) is 5.75 Å². The molecule has 0 aliphatic heterocycles. The molecule has 0 aromatic heterocycles. The summed E-state index contributed by atoms with van der Waals surface area (Å²) < 4.78 is 34.6. The molecule has 0 spiro atoms. The second kappa shape index (κ2) is 15.1. The molecule has 0 aliphatic rings. The average molecular weight is 648 g/mol. The Morgan fingerprint density at radius 3 is 2.11 bits per heavy atom. The molecule has 0 aliphatic carbocycles. The van der Waals surface area contributed by atoms with Gasteiger partial charge in [-0.25, -0.2) is 8.42 Å². The summed E-state index contributed by atoms with van der Waals surface area (Å²) in [6.07, 6.45) is 0.224. The lowest BCUT2D eigenvalue weighted by Gasteiger charge is -2.34. The van der Waals surface area contributed by atoms with E-state index in [9.17, 15) is 18.0 Å². The van der Waals surface area contributed by atoms with Gasteiger partial charge in [0.25, 0.3) is 10.0 Å². The van der Waals surface area contributed by atoms with E-state index in [-0.39, 0.29) is 29.8 Å². The van der Waals surface area contributed by atoms with Gasteiger partial charge in [0, 0.05) is 24.0 Å². The molecule has 0 fully saturated rings. The second-order valence-corrected chi connectivity index (χ2v) is 13.3. The van der Waals surface area contributed by atoms with Crippen molar-refractivity contribution < 1.29 is 22.7 Å². The molecule has 45 heavy (non-hydrogen) atoms. The Hall–Kier alpha value is -4.34. The highest BCUT2D eigenvalue weighted by atomic mass is 35.5. The molecule has 0 radical (unpaired) electrons. The van der Waals surface area contributed by atoms with E-state index in [1.807, 2.05) is 57.2 Å². The maximum atomic E-state index is 14.5. The zero-order chi connectivity index (χ0) is 32.6. The van der Waals surface area contributed by atoms with Crippen LogP contribution in [0.1, 0.15) is 30.5 Å². The number of carbonyl (C=O) groups excluding carboxylic acids is 2. The van der Waals surface area contributed by atoms with Crippen molar-refractivity contribution in [3.05, 3.63) is 125 Å². The molecule has 1 N–H and O–H groups in total. The lowest BCUT2D eigenvalue weighted by Crippen LogP contribution is -2.54. The topological polar surface area (TPSA) is 96.0 Å². The minimum Gasteiger partial charge on any atom is -0.497 e. The Morgan fingerprint density at radius 1 is 0.867 bits per heavy atom. The number of ether oxygens (including phenoxy) is 1. The van der Waals surface area contributed by atoms with Gasteiger partial charge in [0.1, 0.15) is 18.3 Å². The van der Waals surface area contributed by atoms with E-state index in [2.05, 4.69) is 5.32 Å². The van der Waals surface area contributed by atoms with Crippen LogP contribution in [0.3, 0.4) is 0 Å². The molecule has 0 saturated heterocycles. The van der Waals surface area contributed by atoms with E-state index >= 15 is 0 Å². The lowest BCUT2D eigenvalue weighted by atomic mass is 10.0. The molecular weight excluding hydrogens is 610 g/mol. The van der Waals surface area contributed by atoms with Crippen molar-refractivity contribution in [3.63, 3.8) is 0 Å². The summed E-state index contributed by atoms with van der Waals surface area (Å²) in [6.45, 7) is 5.08. The minimum atomic E-state index is -4.22. The first kappa shape index (κ1) is 33.6. The minimum absolute atomic E-state index is 0.00328. The summed E-state index contributed by atoms with van der Waals surface area (Å²) in [4.78, 5) is 29.7. The van der Waals surface area contributed by atoms with Crippen molar-refractivity contribution >= 4 is 39.1 Å². The number of amides is 2. The third-order valence-electron chi connectivity index (χ3n) is 7.19. The highest BCUT2D eigenvalue weighted by Gasteiger charge is 2.35. The third-order valence-corrected chi connectivity index (χ3v) is 9.22. The number of hydrogen-bond acceptors (Lipinski definition) is 5. The monoisotopic (exact) mass is 647 g/mol. The number of carbonyl (C=O) groups is 2. The fourth-order valence-electron chi connectivity index (χ4n) is 4.88. The molecule has 0 saturated carbocycles. The fraction of sp³-hybridized carbons (Fsp3) is 0.257. The number of methoxy groups -OCH3 is 1. The van der Waals surface area contributed by atoms with Crippen LogP contribution in [0.5, 0.6) is 5.75 Å². The second-order valence-electron chi connectivity index (χ2n) is 11.0. The number of aryl methyl sites for hydroxylation is 1. The average Bonchev–Trinajstić information content (AvgIpc) is 3.02. The van der Waals surface area contributed by atoms with E-state index in [1.54, 1.807) is 54.6 Å². The van der Waals surface area contributed by atoms with Crippen molar-refractivity contribution in [1.29, 1.82) is 0 Å². The first-order valence-electron chi connectivity index (χ1n) is 14.6. The summed E-state index contributed by atoms with van der Waals surface area (Å²) >= 11 is 6.30. The van der Waals surface area contributed by atoms with E-state index in [1.165, 1.54) is 24.1 Å². The van der Waals surface area contributed by atoms with Gasteiger partial charge in [0.2, 0.25) is 11.8 Å². The SMILES string of the molecule is COc1ccc(S(=O)(=O)N(CC(=O)N(Cc2cccc(Cl)c2)[C@H](Cc2ccccc2)C(=O)NC(C)C)c2ccc(C)cc2)cc1. The molecule has 1 atom stereocenters. The van der Waals surface area contributed by atoms with Crippen molar-refractivity contribution in [2.24, 2.45) is 0 Å². The largest absolute Gasteiger partial charge is 0.497 e. The van der Waals surface area contributed by atoms with Crippen LogP contribution in [0.4, 0.5) is 5.69 Å². The standard InChI is InChI=1S/C35H38ClN3O5S/c1-25(2)37-35(41)33(22-27-9-6-5-7-10-27)38(23-28-11-8-12-29(36)21-28)34(40)24-39(30-15-13-26(3)14-16-30)45(42,43)32-19-17-31(44-4)18-20-32/h5-21,25,33H,22-24H2,1-4H3,(H,37,41)/t33-/m1/s1. The van der Waals surface area contributed by atoms with Gasteiger partial charge in [-0.3, -0.25) is 13.9 Å². The quantitative estimate of drug-likeness (QED) is 0.192. The number of rotatable bonds is 13. The van der Waals surface area contributed by atoms with E-state index < -0.39 is 28.5 Å². The first-order chi connectivity index (χ1) is 21.5. The Balaban J connectivity index is 1.80. The van der Waals surface area contributed by atoms with Crippen LogP contribution in [0.25, 0.3) is 0 Å². The van der Waals surface area contributed by atoms with Crippen molar-refractivity contribution in [1.82, 2.24) is 10.2 Å². The van der Waals surface area contributed by atoms with Gasteiger partial charge < -0.3 is 15.0 Å². The predicted molar refractivity (Wildman–Crippen MR) is 178 cm³/mol. The van der Waals surface area contributed by atoms with Crippen molar-refractivity contribution in [2.75, 3.05) is 18.0 Å². The van der Waals surface area contributed by atoms with Gasteiger partial charge in [0.15, 0.2) is 0 Å². The van der Waals surface area contributed by atoms with Crippen LogP contribution >= 0.6 is 11.6 Å². The highest BCUT2D eigenvalue weighted by molar-refractivity contribution is 7.92. The summed E-state index contributed by atoms with van der Waals surface area (Å²) in [5, 5.41) is 3.43. The van der Waals surface area contributed by atoms with Crippen LogP contribution in [0, 0.1) is 6.92 Å². The molecule has 4 rings (SSSR count). The molecule has 4 aromatic rings. The van der Waals surface area contributed by atoms with Crippen LogP contribution < -0.4 is 14.4 Å². The lowest BCUT2D eigenvalue weighted by molar-refractivity contribution is -0.140. The zero-order valence-electron chi connectivity index (χ0n) is 25.8. The molecular formula is C35H38ClN3O5S. The number of anilines is 1. The summed E-state index contributed by atoms with van der Waals surface area (Å²) in [5.41, 5.74) is 2.80. The summed E-state index contributed by atoms with van der Waals surface area (Å²) in [5.74, 6) is -0.392. The maximum Gasteiger partial charge on any atom is 0.264 e. The smallest absolute Gasteiger partial charge is 0.264 e. The predicted octanol–water partition coefficient (Wildman–Crippen LogP) is 6.02. The fourth-order valence-corrected chi connectivity index (χ4v) is 6.51. The normalized spacial score (nSPS) is 12.0. The molecule has 8 nitrogen and oxygen atoms in total. The number of benzene rings is 4. The summed E-state index contributed by atoms with van der Waals surface area (Å²) in [6, 6.07) is 28.2. The highest BCUT2D eigenvalue weighted by Crippen LogP contribution is 2.27. The van der Waals surface area contributed by atoms with Crippen LogP contribution in [0.2, 0.25) is 5.02 Å². The summed E-state index contributed by atoms with van der Waals surface area (Å²) in [7, 11) is -2.72. The van der Waals surface area contributed by atoms with Gasteiger partial charge in [0.05, 0.1) is 17.7 Å². The van der Waals surface area contributed by atoms with E-state index in [0.29, 0.717) is 22.0 Å². The number of halogens is 1. The maximum absolute atomic E-state index is 14.5. The van der Waals surface area contributed by atoms with E-state index in [4.69, 9.17) is 16.3 Å². The van der Waals surface area contributed by atoms with Gasteiger partial charge in [-0.15, -0.1) is 0 Å². The van der Waals surface area contributed by atoms with Crippen LogP contribution in [-0.4, -0.2) is 50.9 Å². The number of nitrogens with one attached hydrogen (secondary N) is 1. The van der Waals surface area contributed by atoms with Crippen LogP contribution in [-0.2, 0) is 32.6 Å². The van der Waals surface area contributed by atoms with Gasteiger partial charge >= 0.3 is 0 Å². The first-order valence-corrected chi connectivity index (χ1v) is 16.4. The zero-order valence-corrected chi connectivity index (χ0v) is 27.4. The molecule has 10 heteroatoms. The molecule has 4 aromatic carbocycles.